The lowest BCUT2D eigenvalue weighted by Gasteiger charge is -2.12. The molecule has 2 N–H and O–H groups in total. The molecule has 0 spiro atoms. The Kier molecular flexibility index (Phi) is 5.29. The summed E-state index contributed by atoms with van der Waals surface area (Å²) in [5.41, 5.74) is 4.25. The molecule has 2 aromatic carbocycles. The number of anilines is 2. The van der Waals surface area contributed by atoms with Gasteiger partial charge in [-0.25, -0.2) is 9.97 Å². The molecule has 148 valence electrons. The van der Waals surface area contributed by atoms with Crippen LogP contribution in [0.4, 0.5) is 11.5 Å². The van der Waals surface area contributed by atoms with Crippen LogP contribution in [0.1, 0.15) is 34.1 Å². The molecule has 1 amide bonds. The Morgan fingerprint density at radius 1 is 1.10 bits per heavy atom. The second-order valence-corrected chi connectivity index (χ2v) is 6.74. The number of hydrogen-bond acceptors (Lipinski definition) is 6. The van der Waals surface area contributed by atoms with E-state index in [1.54, 1.807) is 6.20 Å². The molecule has 1 aliphatic heterocycles. The zero-order valence-electron chi connectivity index (χ0n) is 16.4. The van der Waals surface area contributed by atoms with E-state index in [9.17, 15) is 4.79 Å². The van der Waals surface area contributed by atoms with Gasteiger partial charge in [0.2, 0.25) is 6.79 Å². The zero-order chi connectivity index (χ0) is 20.2. The Labute approximate surface area is 169 Å². The lowest BCUT2D eigenvalue weighted by molar-refractivity contribution is 0.102. The fourth-order valence-electron chi connectivity index (χ4n) is 3.16. The number of hydrogen-bond donors (Lipinski definition) is 2. The van der Waals surface area contributed by atoms with Crippen LogP contribution in [-0.2, 0) is 13.0 Å². The van der Waals surface area contributed by atoms with Crippen molar-refractivity contribution in [2.75, 3.05) is 17.4 Å². The highest BCUT2D eigenvalue weighted by molar-refractivity contribution is 6.03. The molecule has 1 aromatic heterocycles. The summed E-state index contributed by atoms with van der Waals surface area (Å²) in [6, 6.07) is 11.8. The summed E-state index contributed by atoms with van der Waals surface area (Å²) in [6.45, 7) is 4.85. The van der Waals surface area contributed by atoms with Crippen molar-refractivity contribution in [3.8, 4) is 11.5 Å². The molecule has 0 aliphatic carbocycles. The van der Waals surface area contributed by atoms with Gasteiger partial charge in [0.1, 0.15) is 11.5 Å². The minimum atomic E-state index is -0.274. The molecule has 7 nitrogen and oxygen atoms in total. The summed E-state index contributed by atoms with van der Waals surface area (Å²) in [7, 11) is 0. The topological polar surface area (TPSA) is 85.4 Å². The molecule has 0 atom stereocenters. The number of nitrogens with one attached hydrogen (secondary N) is 2. The normalized spacial score (nSPS) is 11.9. The van der Waals surface area contributed by atoms with E-state index in [-0.39, 0.29) is 18.4 Å². The molecule has 0 saturated carbocycles. The predicted molar refractivity (Wildman–Crippen MR) is 110 cm³/mol. The van der Waals surface area contributed by atoms with Crippen molar-refractivity contribution in [1.82, 2.24) is 9.97 Å². The van der Waals surface area contributed by atoms with Gasteiger partial charge in [-0.15, -0.1) is 0 Å². The smallest absolute Gasteiger partial charge is 0.275 e. The minimum absolute atomic E-state index is 0.253. The third-order valence-electron chi connectivity index (χ3n) is 4.77. The summed E-state index contributed by atoms with van der Waals surface area (Å²) in [5, 5.41) is 6.15. The number of amides is 1. The molecule has 3 aromatic rings. The first-order chi connectivity index (χ1) is 14.1. The van der Waals surface area contributed by atoms with Crippen molar-refractivity contribution in [2.45, 2.75) is 26.8 Å². The standard InChI is InChI=1S/C22H22N4O3/c1-3-16-6-4-5-14(2)21(16)26-22(27)17-11-25-20(12-23-17)24-10-15-7-8-18-19(9-15)29-13-28-18/h4-9,11-12H,3,10,13H2,1-2H3,(H,24,25)(H,26,27). The molecule has 1 aliphatic rings. The SMILES string of the molecule is CCc1cccc(C)c1NC(=O)c1cnc(NCc2ccc3c(c2)OCO3)cn1. The van der Waals surface area contributed by atoms with E-state index in [0.29, 0.717) is 12.4 Å². The summed E-state index contributed by atoms with van der Waals surface area (Å²) in [6.07, 6.45) is 3.87. The summed E-state index contributed by atoms with van der Waals surface area (Å²) >= 11 is 0. The molecule has 0 bridgehead atoms. The van der Waals surface area contributed by atoms with Gasteiger partial charge in [-0.05, 0) is 42.2 Å². The Balaban J connectivity index is 1.39. The van der Waals surface area contributed by atoms with Gasteiger partial charge in [0.05, 0.1) is 12.4 Å². The highest BCUT2D eigenvalue weighted by Gasteiger charge is 2.14. The minimum Gasteiger partial charge on any atom is -0.454 e. The van der Waals surface area contributed by atoms with Crippen molar-refractivity contribution in [3.63, 3.8) is 0 Å². The third kappa shape index (κ3) is 4.13. The van der Waals surface area contributed by atoms with E-state index in [1.165, 1.54) is 6.20 Å². The first-order valence-electron chi connectivity index (χ1n) is 9.48. The van der Waals surface area contributed by atoms with Crippen LogP contribution in [0, 0.1) is 6.92 Å². The number of carbonyl (C=O) groups is 1. The highest BCUT2D eigenvalue weighted by atomic mass is 16.7. The van der Waals surface area contributed by atoms with E-state index < -0.39 is 0 Å². The van der Waals surface area contributed by atoms with E-state index >= 15 is 0 Å². The van der Waals surface area contributed by atoms with Crippen LogP contribution < -0.4 is 20.1 Å². The Hall–Kier alpha value is -3.61. The van der Waals surface area contributed by atoms with E-state index in [2.05, 4.69) is 27.5 Å². The first-order valence-corrected chi connectivity index (χ1v) is 9.48. The maximum absolute atomic E-state index is 12.6. The molecule has 0 unspecified atom stereocenters. The zero-order valence-corrected chi connectivity index (χ0v) is 16.4. The largest absolute Gasteiger partial charge is 0.454 e. The van der Waals surface area contributed by atoms with Gasteiger partial charge in [0.25, 0.3) is 5.91 Å². The molecule has 29 heavy (non-hydrogen) atoms. The van der Waals surface area contributed by atoms with Gasteiger partial charge in [-0.3, -0.25) is 4.79 Å². The van der Waals surface area contributed by atoms with Gasteiger partial charge >= 0.3 is 0 Å². The van der Waals surface area contributed by atoms with E-state index in [0.717, 1.165) is 40.3 Å². The van der Waals surface area contributed by atoms with Crippen LogP contribution in [0.15, 0.2) is 48.8 Å². The molecular weight excluding hydrogens is 368 g/mol. The number of carbonyl (C=O) groups excluding carboxylic acids is 1. The molecular formula is C22H22N4O3. The molecule has 7 heteroatoms. The van der Waals surface area contributed by atoms with Crippen LogP contribution in [0.3, 0.4) is 0 Å². The number of fused-ring (bicyclic) bond motifs is 1. The maximum Gasteiger partial charge on any atom is 0.275 e. The van der Waals surface area contributed by atoms with Gasteiger partial charge in [-0.2, -0.15) is 0 Å². The van der Waals surface area contributed by atoms with Crippen molar-refractivity contribution in [1.29, 1.82) is 0 Å². The molecule has 0 saturated heterocycles. The summed E-state index contributed by atoms with van der Waals surface area (Å²) in [5.74, 6) is 1.81. The number of benzene rings is 2. The van der Waals surface area contributed by atoms with E-state index in [4.69, 9.17) is 9.47 Å². The lowest BCUT2D eigenvalue weighted by atomic mass is 10.1. The predicted octanol–water partition coefficient (Wildman–Crippen LogP) is 3.94. The average molecular weight is 390 g/mol. The van der Waals surface area contributed by atoms with Gasteiger partial charge < -0.3 is 20.1 Å². The second-order valence-electron chi connectivity index (χ2n) is 6.74. The number of nitrogens with zero attached hydrogens (tertiary/aromatic N) is 2. The number of aromatic nitrogens is 2. The lowest BCUT2D eigenvalue weighted by Crippen LogP contribution is -2.16. The number of ether oxygens (including phenoxy) is 2. The fourth-order valence-corrected chi connectivity index (χ4v) is 3.16. The second kappa shape index (κ2) is 8.18. The number of rotatable bonds is 6. The van der Waals surface area contributed by atoms with Crippen LogP contribution in [-0.4, -0.2) is 22.7 Å². The molecule has 0 radical (unpaired) electrons. The molecule has 4 rings (SSSR count). The van der Waals surface area contributed by atoms with Crippen molar-refractivity contribution < 1.29 is 14.3 Å². The van der Waals surface area contributed by atoms with Gasteiger partial charge in [0, 0.05) is 12.2 Å². The fraction of sp³-hybridized carbons (Fsp3) is 0.227. The monoisotopic (exact) mass is 390 g/mol. The van der Waals surface area contributed by atoms with Crippen LogP contribution in [0.2, 0.25) is 0 Å². The van der Waals surface area contributed by atoms with Gasteiger partial charge in [-0.1, -0.05) is 31.2 Å². The van der Waals surface area contributed by atoms with Crippen LogP contribution in [0.25, 0.3) is 0 Å². The van der Waals surface area contributed by atoms with Crippen molar-refractivity contribution in [2.24, 2.45) is 0 Å². The highest BCUT2D eigenvalue weighted by Crippen LogP contribution is 2.32. The van der Waals surface area contributed by atoms with E-state index in [1.807, 2.05) is 43.3 Å². The Morgan fingerprint density at radius 2 is 1.97 bits per heavy atom. The van der Waals surface area contributed by atoms with Crippen LogP contribution in [0.5, 0.6) is 11.5 Å². The van der Waals surface area contributed by atoms with Crippen molar-refractivity contribution >= 4 is 17.4 Å². The Morgan fingerprint density at radius 3 is 2.76 bits per heavy atom. The summed E-state index contributed by atoms with van der Waals surface area (Å²) in [4.78, 5) is 21.1. The van der Waals surface area contributed by atoms with Crippen LogP contribution >= 0.6 is 0 Å². The Bertz CT molecular complexity index is 1030. The van der Waals surface area contributed by atoms with Gasteiger partial charge in [0.15, 0.2) is 11.5 Å². The average Bonchev–Trinajstić information content (AvgIpc) is 3.22. The number of aryl methyl sites for hydroxylation is 2. The first kappa shape index (κ1) is 18.7. The molecule has 2 heterocycles. The third-order valence-corrected chi connectivity index (χ3v) is 4.77. The number of para-hydroxylation sites is 1. The maximum atomic E-state index is 12.6. The quantitative estimate of drug-likeness (QED) is 0.663. The summed E-state index contributed by atoms with van der Waals surface area (Å²) < 4.78 is 10.7. The van der Waals surface area contributed by atoms with Crippen molar-refractivity contribution in [3.05, 3.63) is 71.2 Å². The molecule has 0 fully saturated rings.